The molecule has 8 nitrogen and oxygen atoms in total. The number of nitrogens with one attached hydrogen (secondary N) is 2. The van der Waals surface area contributed by atoms with Gasteiger partial charge in [0.05, 0.1) is 13.2 Å². The Balaban J connectivity index is 1.69. The number of nitrogens with zero attached hydrogens (tertiary/aromatic N) is 4. The van der Waals surface area contributed by atoms with Gasteiger partial charge in [0.2, 0.25) is 17.8 Å². The van der Waals surface area contributed by atoms with E-state index in [0.717, 1.165) is 19.6 Å². The summed E-state index contributed by atoms with van der Waals surface area (Å²) in [6.07, 6.45) is 2.55. The molecule has 0 amide bonds. The van der Waals surface area contributed by atoms with Gasteiger partial charge in [-0.05, 0) is 18.6 Å². The van der Waals surface area contributed by atoms with Gasteiger partial charge in [-0.15, -0.1) is 0 Å². The SMILES string of the molecule is NNc1nc(NCC2CCCS2)nc(N2CCOCC2)n1. The van der Waals surface area contributed by atoms with Crippen LogP contribution in [0.4, 0.5) is 17.8 Å². The summed E-state index contributed by atoms with van der Waals surface area (Å²) in [4.78, 5) is 15.2. The Morgan fingerprint density at radius 1 is 1.24 bits per heavy atom. The molecule has 116 valence electrons. The molecule has 1 aromatic rings. The average Bonchev–Trinajstić information content (AvgIpc) is 3.07. The van der Waals surface area contributed by atoms with E-state index in [0.29, 0.717) is 36.3 Å². The number of thioether (sulfide) groups is 1. The van der Waals surface area contributed by atoms with Crippen LogP contribution in [-0.2, 0) is 4.74 Å². The fraction of sp³-hybridized carbons (Fsp3) is 0.750. The smallest absolute Gasteiger partial charge is 0.243 e. The second-order valence-corrected chi connectivity index (χ2v) is 6.45. The van der Waals surface area contributed by atoms with Gasteiger partial charge >= 0.3 is 0 Å². The number of morpholine rings is 1. The summed E-state index contributed by atoms with van der Waals surface area (Å²) in [6.45, 7) is 3.83. The molecule has 3 rings (SSSR count). The molecule has 0 bridgehead atoms. The minimum Gasteiger partial charge on any atom is -0.378 e. The second-order valence-electron chi connectivity index (χ2n) is 5.04. The first-order valence-electron chi connectivity index (χ1n) is 7.26. The molecule has 21 heavy (non-hydrogen) atoms. The monoisotopic (exact) mass is 311 g/mol. The number of anilines is 3. The fourth-order valence-corrected chi connectivity index (χ4v) is 3.62. The molecular formula is C12H21N7OS. The molecule has 0 aliphatic carbocycles. The molecule has 2 aliphatic rings. The van der Waals surface area contributed by atoms with E-state index >= 15 is 0 Å². The topological polar surface area (TPSA) is 101 Å². The molecule has 2 saturated heterocycles. The standard InChI is InChI=1S/C12H21N7OS/c13-18-11-15-10(14-8-9-2-1-7-21-9)16-12(17-11)19-3-5-20-6-4-19/h9H,1-8,13H2,(H2,14,15,16,17,18). The number of nitrogens with two attached hydrogens (primary N) is 1. The quantitative estimate of drug-likeness (QED) is 0.523. The van der Waals surface area contributed by atoms with Crippen molar-refractivity contribution in [3.63, 3.8) is 0 Å². The van der Waals surface area contributed by atoms with Gasteiger partial charge in [0.1, 0.15) is 0 Å². The van der Waals surface area contributed by atoms with Crippen molar-refractivity contribution in [1.29, 1.82) is 0 Å². The number of aromatic nitrogens is 3. The highest BCUT2D eigenvalue weighted by atomic mass is 32.2. The van der Waals surface area contributed by atoms with Crippen LogP contribution in [0.1, 0.15) is 12.8 Å². The Kier molecular flexibility index (Phi) is 4.94. The molecule has 1 atom stereocenters. The van der Waals surface area contributed by atoms with E-state index in [4.69, 9.17) is 10.6 Å². The zero-order chi connectivity index (χ0) is 14.5. The predicted molar refractivity (Wildman–Crippen MR) is 84.6 cm³/mol. The van der Waals surface area contributed by atoms with Crippen LogP contribution < -0.4 is 21.5 Å². The van der Waals surface area contributed by atoms with Crippen LogP contribution in [0.2, 0.25) is 0 Å². The largest absolute Gasteiger partial charge is 0.378 e. The van der Waals surface area contributed by atoms with Crippen molar-refractivity contribution in [3.05, 3.63) is 0 Å². The first-order valence-corrected chi connectivity index (χ1v) is 8.31. The van der Waals surface area contributed by atoms with Gasteiger partial charge in [-0.2, -0.15) is 26.7 Å². The number of ether oxygens (including phenoxy) is 1. The average molecular weight is 311 g/mol. The first-order chi connectivity index (χ1) is 10.3. The molecular weight excluding hydrogens is 290 g/mol. The van der Waals surface area contributed by atoms with E-state index in [2.05, 4.69) is 30.6 Å². The highest BCUT2D eigenvalue weighted by Gasteiger charge is 2.18. The van der Waals surface area contributed by atoms with Crippen molar-refractivity contribution < 1.29 is 4.74 Å². The molecule has 2 fully saturated rings. The molecule has 0 saturated carbocycles. The maximum Gasteiger partial charge on any atom is 0.243 e. The third-order valence-corrected chi connectivity index (χ3v) is 4.96. The van der Waals surface area contributed by atoms with Crippen LogP contribution in [0.15, 0.2) is 0 Å². The zero-order valence-corrected chi connectivity index (χ0v) is 12.7. The van der Waals surface area contributed by atoms with Crippen LogP contribution in [0.5, 0.6) is 0 Å². The minimum absolute atomic E-state index is 0.382. The molecule has 1 unspecified atom stereocenters. The highest BCUT2D eigenvalue weighted by Crippen LogP contribution is 2.26. The van der Waals surface area contributed by atoms with Crippen molar-refractivity contribution >= 4 is 29.6 Å². The lowest BCUT2D eigenvalue weighted by Crippen LogP contribution is -2.37. The lowest BCUT2D eigenvalue weighted by atomic mass is 10.2. The second kappa shape index (κ2) is 7.10. The summed E-state index contributed by atoms with van der Waals surface area (Å²) in [7, 11) is 0. The van der Waals surface area contributed by atoms with E-state index in [1.54, 1.807) is 0 Å². The van der Waals surface area contributed by atoms with Crippen molar-refractivity contribution in [2.75, 3.05) is 54.2 Å². The normalized spacial score (nSPS) is 22.3. The summed E-state index contributed by atoms with van der Waals surface area (Å²) in [6, 6.07) is 0. The Morgan fingerprint density at radius 3 is 2.76 bits per heavy atom. The Labute approximate surface area is 128 Å². The number of hydrazine groups is 1. The Hall–Kier alpha value is -1.32. The molecule has 3 heterocycles. The van der Waals surface area contributed by atoms with Crippen molar-refractivity contribution in [2.45, 2.75) is 18.1 Å². The van der Waals surface area contributed by atoms with Crippen LogP contribution in [0, 0.1) is 0 Å². The van der Waals surface area contributed by atoms with Crippen LogP contribution in [0.3, 0.4) is 0 Å². The van der Waals surface area contributed by atoms with Gasteiger partial charge in [-0.25, -0.2) is 5.84 Å². The zero-order valence-electron chi connectivity index (χ0n) is 11.9. The van der Waals surface area contributed by atoms with Gasteiger partial charge < -0.3 is 15.0 Å². The summed E-state index contributed by atoms with van der Waals surface area (Å²) < 4.78 is 5.35. The van der Waals surface area contributed by atoms with E-state index in [9.17, 15) is 0 Å². The van der Waals surface area contributed by atoms with Crippen molar-refractivity contribution in [3.8, 4) is 0 Å². The summed E-state index contributed by atoms with van der Waals surface area (Å²) in [5, 5.41) is 3.95. The number of hydrogen-bond donors (Lipinski definition) is 3. The first kappa shape index (κ1) is 14.6. The molecule has 1 aromatic heterocycles. The van der Waals surface area contributed by atoms with Gasteiger partial charge in [0.15, 0.2) is 0 Å². The van der Waals surface area contributed by atoms with E-state index in [1.807, 2.05) is 11.8 Å². The fourth-order valence-electron chi connectivity index (χ4n) is 2.42. The number of hydrogen-bond acceptors (Lipinski definition) is 9. The Bertz CT molecular complexity index is 463. The predicted octanol–water partition coefficient (Wildman–Crippen LogP) is 0.301. The van der Waals surface area contributed by atoms with Gasteiger partial charge in [-0.3, -0.25) is 5.43 Å². The number of nitrogen functional groups attached to an aromatic ring is 1. The molecule has 0 spiro atoms. The minimum atomic E-state index is 0.382. The van der Waals surface area contributed by atoms with Gasteiger partial charge in [0, 0.05) is 24.9 Å². The van der Waals surface area contributed by atoms with E-state index in [-0.39, 0.29) is 0 Å². The lowest BCUT2D eigenvalue weighted by molar-refractivity contribution is 0.122. The summed E-state index contributed by atoms with van der Waals surface area (Å²) in [5.41, 5.74) is 2.51. The van der Waals surface area contributed by atoms with Gasteiger partial charge in [0.25, 0.3) is 0 Å². The summed E-state index contributed by atoms with van der Waals surface area (Å²) in [5.74, 6) is 8.31. The molecule has 0 aromatic carbocycles. The molecule has 0 radical (unpaired) electrons. The van der Waals surface area contributed by atoms with Gasteiger partial charge in [-0.1, -0.05) is 0 Å². The number of rotatable bonds is 5. The van der Waals surface area contributed by atoms with Crippen LogP contribution >= 0.6 is 11.8 Å². The Morgan fingerprint density at radius 2 is 2.05 bits per heavy atom. The lowest BCUT2D eigenvalue weighted by Gasteiger charge is -2.27. The maximum atomic E-state index is 5.46. The third kappa shape index (κ3) is 3.86. The van der Waals surface area contributed by atoms with Crippen molar-refractivity contribution in [1.82, 2.24) is 15.0 Å². The van der Waals surface area contributed by atoms with E-state index in [1.165, 1.54) is 18.6 Å². The van der Waals surface area contributed by atoms with Crippen LogP contribution in [-0.4, -0.2) is 58.8 Å². The maximum absolute atomic E-state index is 5.46. The summed E-state index contributed by atoms with van der Waals surface area (Å²) >= 11 is 2.00. The highest BCUT2D eigenvalue weighted by molar-refractivity contribution is 8.00. The molecule has 4 N–H and O–H groups in total. The van der Waals surface area contributed by atoms with E-state index < -0.39 is 0 Å². The van der Waals surface area contributed by atoms with Crippen LogP contribution in [0.25, 0.3) is 0 Å². The third-order valence-electron chi connectivity index (χ3n) is 3.56. The van der Waals surface area contributed by atoms with Crippen molar-refractivity contribution in [2.24, 2.45) is 5.84 Å². The molecule has 9 heteroatoms. The molecule has 2 aliphatic heterocycles.